The van der Waals surface area contributed by atoms with Crippen LogP contribution in [-0.4, -0.2) is 36.5 Å². The lowest BCUT2D eigenvalue weighted by Crippen LogP contribution is -2.40. The Morgan fingerprint density at radius 3 is 2.43 bits per heavy atom. The Morgan fingerprint density at radius 1 is 1.18 bits per heavy atom. The molecule has 0 unspecified atom stereocenters. The van der Waals surface area contributed by atoms with Gasteiger partial charge in [0.2, 0.25) is 0 Å². The van der Waals surface area contributed by atoms with Gasteiger partial charge >= 0.3 is 6.18 Å². The number of halogens is 5. The van der Waals surface area contributed by atoms with Gasteiger partial charge in [0.25, 0.3) is 16.4 Å². The van der Waals surface area contributed by atoms with E-state index >= 15 is 0 Å². The number of anilines is 1. The van der Waals surface area contributed by atoms with Crippen LogP contribution in [0.3, 0.4) is 0 Å². The molecule has 0 fully saturated rings. The van der Waals surface area contributed by atoms with Crippen LogP contribution < -0.4 is 4.31 Å². The molecule has 12 heteroatoms. The smallest absolute Gasteiger partial charge is 0.417 e. The van der Waals surface area contributed by atoms with E-state index in [9.17, 15) is 35.5 Å². The number of aryl methyl sites for hydroxylation is 1. The summed E-state index contributed by atoms with van der Waals surface area (Å²) in [4.78, 5) is 6.21. The van der Waals surface area contributed by atoms with E-state index in [-0.39, 0.29) is 9.87 Å². The maximum absolute atomic E-state index is 13.5. The molecule has 1 N–H and O–H groups in total. The van der Waals surface area contributed by atoms with Gasteiger partial charge in [-0.25, -0.2) is 31.5 Å². The van der Waals surface area contributed by atoms with E-state index in [1.54, 1.807) is 0 Å². The normalized spacial score (nSPS) is 16.5. The van der Waals surface area contributed by atoms with Gasteiger partial charge < -0.3 is 5.11 Å². The average molecular weight is 421 g/mol. The lowest BCUT2D eigenvalue weighted by atomic mass is 10.0. The van der Waals surface area contributed by atoms with Gasteiger partial charge in [0, 0.05) is 18.0 Å². The van der Waals surface area contributed by atoms with Gasteiger partial charge in [0.15, 0.2) is 11.6 Å². The summed E-state index contributed by atoms with van der Waals surface area (Å²) in [5, 5.41) is 10.5. The monoisotopic (exact) mass is 421 g/mol. The second-order valence-corrected chi connectivity index (χ2v) is 7.68. The van der Waals surface area contributed by atoms with Crippen LogP contribution in [0.4, 0.5) is 27.8 Å². The number of benzene rings is 1. The minimum atomic E-state index is -4.99. The fourth-order valence-electron chi connectivity index (χ4n) is 2.80. The first kappa shape index (κ1) is 20.0. The lowest BCUT2D eigenvalue weighted by molar-refractivity contribution is -0.137. The molecule has 0 amide bonds. The van der Waals surface area contributed by atoms with Crippen molar-refractivity contribution in [2.24, 2.45) is 0 Å². The van der Waals surface area contributed by atoms with Gasteiger partial charge in [-0.3, -0.25) is 0 Å². The molecule has 0 saturated heterocycles. The second-order valence-electron chi connectivity index (χ2n) is 5.88. The number of hydrogen-bond donors (Lipinski definition) is 1. The Balaban J connectivity index is 2.40. The molecular formula is C16H12F5N3O3S. The third-order valence-electron chi connectivity index (χ3n) is 3.93. The van der Waals surface area contributed by atoms with Gasteiger partial charge in [-0.2, -0.15) is 13.2 Å². The summed E-state index contributed by atoms with van der Waals surface area (Å²) >= 11 is 0. The van der Waals surface area contributed by atoms with Gasteiger partial charge in [-0.15, -0.1) is 0 Å². The third-order valence-corrected chi connectivity index (χ3v) is 5.76. The highest BCUT2D eigenvalue weighted by molar-refractivity contribution is 8.02. The molecule has 2 aromatic rings. The maximum atomic E-state index is 13.5. The third kappa shape index (κ3) is 3.28. The van der Waals surface area contributed by atoms with Crippen molar-refractivity contribution in [3.8, 4) is 0 Å². The summed E-state index contributed by atoms with van der Waals surface area (Å²) in [5.74, 6) is -1.69. The van der Waals surface area contributed by atoms with E-state index in [1.165, 1.54) is 6.92 Å². The first-order valence-corrected chi connectivity index (χ1v) is 9.12. The molecule has 0 aliphatic carbocycles. The summed E-state index contributed by atoms with van der Waals surface area (Å²) < 4.78 is 92.4. The standard InChI is InChI=1S/C16H12F5N3O3S/c1-8-2-3-10(16(19,20)21)9(6-8)14-13(25)12-15(23-5-4-22-12)24(7-11(17)18)28(14,26)27/h2-6,11,25H,7H2,1H3. The molecule has 1 aromatic heterocycles. The van der Waals surface area contributed by atoms with Crippen molar-refractivity contribution in [1.82, 2.24) is 9.97 Å². The molecule has 0 spiro atoms. The van der Waals surface area contributed by atoms with Crippen LogP contribution in [0.5, 0.6) is 0 Å². The van der Waals surface area contributed by atoms with Crippen LogP contribution in [0.2, 0.25) is 0 Å². The van der Waals surface area contributed by atoms with Gasteiger partial charge in [-0.1, -0.05) is 11.6 Å². The first-order valence-electron chi connectivity index (χ1n) is 7.68. The number of fused-ring (bicyclic) bond motifs is 1. The molecule has 0 atom stereocenters. The molecule has 28 heavy (non-hydrogen) atoms. The Bertz CT molecular complexity index is 1070. The largest absolute Gasteiger partial charge is 0.504 e. The SMILES string of the molecule is Cc1ccc(C(F)(F)F)c(C2=C(O)c3nccnc3N(CC(F)F)S2(=O)=O)c1. The van der Waals surface area contributed by atoms with Gasteiger partial charge in [0.1, 0.15) is 10.6 Å². The highest BCUT2D eigenvalue weighted by Crippen LogP contribution is 2.44. The molecule has 6 nitrogen and oxygen atoms in total. The number of aromatic nitrogens is 2. The Morgan fingerprint density at radius 2 is 1.82 bits per heavy atom. The number of hydrogen-bond acceptors (Lipinski definition) is 5. The molecule has 0 bridgehead atoms. The van der Waals surface area contributed by atoms with Gasteiger partial charge in [0.05, 0.1) is 12.1 Å². The van der Waals surface area contributed by atoms with Crippen molar-refractivity contribution in [3.63, 3.8) is 0 Å². The second kappa shape index (κ2) is 6.69. The Hall–Kier alpha value is -2.76. The number of sulfonamides is 1. The molecule has 0 radical (unpaired) electrons. The minimum absolute atomic E-state index is 0.150. The lowest BCUT2D eigenvalue weighted by Gasteiger charge is -2.30. The van der Waals surface area contributed by atoms with Crippen molar-refractivity contribution in [3.05, 3.63) is 53.0 Å². The number of rotatable bonds is 3. The van der Waals surface area contributed by atoms with E-state index in [0.717, 1.165) is 24.5 Å². The minimum Gasteiger partial charge on any atom is -0.504 e. The average Bonchev–Trinajstić information content (AvgIpc) is 2.57. The maximum Gasteiger partial charge on any atom is 0.417 e. The van der Waals surface area contributed by atoms with Crippen LogP contribution in [0.1, 0.15) is 22.4 Å². The quantitative estimate of drug-likeness (QED) is 0.766. The number of aliphatic hydroxyl groups is 1. The first-order chi connectivity index (χ1) is 12.9. The van der Waals surface area contributed by atoms with Crippen molar-refractivity contribution in [2.45, 2.75) is 19.5 Å². The van der Waals surface area contributed by atoms with Crippen molar-refractivity contribution in [2.75, 3.05) is 10.8 Å². The molecule has 1 aromatic carbocycles. The topological polar surface area (TPSA) is 83.4 Å². The number of nitrogens with zero attached hydrogens (tertiary/aromatic N) is 3. The summed E-state index contributed by atoms with van der Waals surface area (Å²) in [5.41, 5.74) is -2.44. The zero-order valence-electron chi connectivity index (χ0n) is 14.1. The van der Waals surface area contributed by atoms with Crippen LogP contribution in [0, 0.1) is 6.92 Å². The summed E-state index contributed by atoms with van der Waals surface area (Å²) in [7, 11) is -4.99. The summed E-state index contributed by atoms with van der Waals surface area (Å²) in [6.45, 7) is 0.0549. The van der Waals surface area contributed by atoms with Crippen LogP contribution in [-0.2, 0) is 16.2 Å². The van der Waals surface area contributed by atoms with Gasteiger partial charge in [-0.05, 0) is 19.1 Å². The Kier molecular flexibility index (Phi) is 4.77. The van der Waals surface area contributed by atoms with Crippen LogP contribution >= 0.6 is 0 Å². The van der Waals surface area contributed by atoms with Crippen LogP contribution in [0.15, 0.2) is 30.6 Å². The van der Waals surface area contributed by atoms with Crippen LogP contribution in [0.25, 0.3) is 10.7 Å². The van der Waals surface area contributed by atoms with E-state index in [2.05, 4.69) is 9.97 Å². The fraction of sp³-hybridized carbons (Fsp3) is 0.250. The predicted molar refractivity (Wildman–Crippen MR) is 89.9 cm³/mol. The Labute approximate surface area is 156 Å². The van der Waals surface area contributed by atoms with E-state index < -0.39 is 62.5 Å². The zero-order chi connectivity index (χ0) is 20.9. The summed E-state index contributed by atoms with van der Waals surface area (Å²) in [6.07, 6.45) is -6.04. The molecule has 3 rings (SSSR count). The fourth-order valence-corrected chi connectivity index (χ4v) is 4.48. The van der Waals surface area contributed by atoms with Crippen molar-refractivity contribution < 1.29 is 35.5 Å². The molecule has 1 aliphatic rings. The van der Waals surface area contributed by atoms with E-state index in [1.807, 2.05) is 0 Å². The molecule has 2 heterocycles. The predicted octanol–water partition coefficient (Wildman–Crippen LogP) is 3.60. The van der Waals surface area contributed by atoms with Crippen molar-refractivity contribution >= 4 is 26.5 Å². The number of aliphatic hydroxyl groups excluding tert-OH is 1. The zero-order valence-corrected chi connectivity index (χ0v) is 14.9. The summed E-state index contributed by atoms with van der Waals surface area (Å²) in [6, 6.07) is 2.68. The number of alkyl halides is 5. The highest BCUT2D eigenvalue weighted by Gasteiger charge is 2.45. The van der Waals surface area contributed by atoms with E-state index in [0.29, 0.717) is 6.07 Å². The molecule has 0 saturated carbocycles. The van der Waals surface area contributed by atoms with E-state index in [4.69, 9.17) is 0 Å². The molecule has 1 aliphatic heterocycles. The molecular weight excluding hydrogens is 409 g/mol. The van der Waals surface area contributed by atoms with Crippen molar-refractivity contribution in [1.29, 1.82) is 0 Å². The highest BCUT2D eigenvalue weighted by atomic mass is 32.2. The molecule has 150 valence electrons.